The van der Waals surface area contributed by atoms with Gasteiger partial charge in [0, 0.05) is 25.3 Å². The van der Waals surface area contributed by atoms with Gasteiger partial charge in [-0.25, -0.2) is 0 Å². The highest BCUT2D eigenvalue weighted by atomic mass is 31.2. The first-order valence-electron chi connectivity index (χ1n) is 7.92. The summed E-state index contributed by atoms with van der Waals surface area (Å²) < 4.78 is 35.2. The zero-order valence-corrected chi connectivity index (χ0v) is 16.2. The van der Waals surface area contributed by atoms with Gasteiger partial charge in [0.25, 0.3) is 0 Å². The summed E-state index contributed by atoms with van der Waals surface area (Å²) >= 11 is 0. The van der Waals surface area contributed by atoms with Crippen LogP contribution in [-0.4, -0.2) is 27.4 Å². The fourth-order valence-electron chi connectivity index (χ4n) is 2.29. The predicted octanol–water partition coefficient (Wildman–Crippen LogP) is 5.15. The van der Waals surface area contributed by atoms with Crippen molar-refractivity contribution in [3.05, 3.63) is 46.7 Å². The molecule has 0 heterocycles. The summed E-state index contributed by atoms with van der Waals surface area (Å²) in [5.41, 5.74) is 5.45. The zero-order chi connectivity index (χ0) is 18.2. The minimum atomic E-state index is -3.52. The van der Waals surface area contributed by atoms with Crippen LogP contribution in [0.25, 0.3) is 5.31 Å². The highest BCUT2D eigenvalue weighted by Gasteiger charge is 2.33. The number of hydrogen-bond acceptors (Lipinski definition) is 5. The van der Waals surface area contributed by atoms with Crippen LogP contribution in [-0.2, 0) is 23.1 Å². The topological polar surface area (TPSA) is 54.0 Å². The third-order valence-corrected chi connectivity index (χ3v) is 5.24. The summed E-state index contributed by atoms with van der Waals surface area (Å²) in [5, 5.41) is 0.390. The molecule has 0 radical (unpaired) electrons. The van der Waals surface area contributed by atoms with Gasteiger partial charge in [0.1, 0.15) is 5.31 Å². The second-order valence-electron chi connectivity index (χ2n) is 5.20. The lowest BCUT2D eigenvalue weighted by Gasteiger charge is -2.23. The molecule has 0 fully saturated rings. The van der Waals surface area contributed by atoms with E-state index in [1.54, 1.807) is 28.1 Å². The zero-order valence-electron chi connectivity index (χ0n) is 15.3. The van der Waals surface area contributed by atoms with Gasteiger partial charge in [-0.3, -0.25) is 4.57 Å². The van der Waals surface area contributed by atoms with E-state index in [4.69, 9.17) is 18.5 Å². The third-order valence-electron chi connectivity index (χ3n) is 3.14. The summed E-state index contributed by atoms with van der Waals surface area (Å²) in [7, 11) is -0.408. The van der Waals surface area contributed by atoms with E-state index < -0.39 is 13.9 Å². The summed E-state index contributed by atoms with van der Waals surface area (Å²) in [4.78, 5) is 0. The Morgan fingerprint density at radius 2 is 1.62 bits per heavy atom. The van der Waals surface area contributed by atoms with Crippen molar-refractivity contribution in [1.82, 2.24) is 0 Å². The molecular formula is C18H27O5P. The van der Waals surface area contributed by atoms with Crippen LogP contribution in [0.4, 0.5) is 0 Å². The Morgan fingerprint density at radius 3 is 2.08 bits per heavy atom. The van der Waals surface area contributed by atoms with Gasteiger partial charge in [-0.05, 0) is 33.3 Å². The van der Waals surface area contributed by atoms with E-state index in [0.717, 1.165) is 11.1 Å². The van der Waals surface area contributed by atoms with Crippen LogP contribution in [0.3, 0.4) is 0 Å². The first-order chi connectivity index (χ1) is 11.4. The molecule has 1 aromatic rings. The Balaban J connectivity index is 3.67. The highest BCUT2D eigenvalue weighted by Crippen LogP contribution is 2.61. The van der Waals surface area contributed by atoms with E-state index in [9.17, 15) is 4.57 Å². The van der Waals surface area contributed by atoms with Crippen LogP contribution in [0.1, 0.15) is 45.1 Å². The quantitative estimate of drug-likeness (QED) is 0.349. The molecular weight excluding hydrogens is 327 g/mol. The number of hydrogen-bond donors (Lipinski definition) is 0. The molecule has 0 amide bonds. The molecule has 0 aliphatic carbocycles. The van der Waals surface area contributed by atoms with Gasteiger partial charge in [-0.15, -0.1) is 5.73 Å². The van der Waals surface area contributed by atoms with E-state index in [1.807, 2.05) is 38.1 Å². The van der Waals surface area contributed by atoms with Gasteiger partial charge in [-0.1, -0.05) is 24.3 Å². The van der Waals surface area contributed by atoms with Gasteiger partial charge >= 0.3 is 7.60 Å². The van der Waals surface area contributed by atoms with E-state index in [1.165, 1.54) is 0 Å². The third kappa shape index (κ3) is 5.15. The van der Waals surface area contributed by atoms with Crippen molar-refractivity contribution in [1.29, 1.82) is 0 Å². The van der Waals surface area contributed by atoms with Gasteiger partial charge < -0.3 is 18.5 Å². The van der Waals surface area contributed by atoms with Gasteiger partial charge in [0.15, 0.2) is 6.29 Å². The maximum absolute atomic E-state index is 13.4. The minimum Gasteiger partial charge on any atom is -0.352 e. The smallest absolute Gasteiger partial charge is 0.352 e. The Kier molecular flexibility index (Phi) is 8.65. The normalized spacial score (nSPS) is 11.5. The lowest BCUT2D eigenvalue weighted by Crippen LogP contribution is -2.08. The molecule has 0 aromatic heterocycles. The Morgan fingerprint density at radius 1 is 1.08 bits per heavy atom. The summed E-state index contributed by atoms with van der Waals surface area (Å²) in [6.07, 6.45) is -0.591. The standard InChI is InChI=1S/C18H27O5P/c1-7-22-24(19,23-8-2)17(13-14(3)4)15-11-9-10-12-16(15)18(20-5)21-6/h9-12,18H,7-8H2,1-6H3. The van der Waals surface area contributed by atoms with Crippen molar-refractivity contribution in [3.63, 3.8) is 0 Å². The molecule has 0 unspecified atom stereocenters. The molecule has 1 rings (SSSR count). The molecule has 0 aliphatic rings. The maximum Gasteiger partial charge on any atom is 0.369 e. The van der Waals surface area contributed by atoms with Crippen LogP contribution in [0.15, 0.2) is 35.6 Å². The Bertz CT molecular complexity index is 629. The van der Waals surface area contributed by atoms with Gasteiger partial charge in [-0.2, -0.15) is 0 Å². The maximum atomic E-state index is 13.4. The molecule has 24 heavy (non-hydrogen) atoms. The highest BCUT2D eigenvalue weighted by molar-refractivity contribution is 7.65. The van der Waals surface area contributed by atoms with E-state index in [0.29, 0.717) is 10.9 Å². The average Bonchev–Trinajstić information content (AvgIpc) is 2.54. The fraction of sp³-hybridized carbons (Fsp3) is 0.500. The number of rotatable bonds is 9. The summed E-state index contributed by atoms with van der Waals surface area (Å²) in [5.74, 6) is 0. The van der Waals surface area contributed by atoms with Gasteiger partial charge in [0.05, 0.1) is 13.2 Å². The molecule has 0 spiro atoms. The molecule has 0 atom stereocenters. The summed E-state index contributed by atoms with van der Waals surface area (Å²) in [6.45, 7) is 7.87. The van der Waals surface area contributed by atoms with Crippen molar-refractivity contribution in [2.24, 2.45) is 0 Å². The Labute approximate surface area is 144 Å². The predicted molar refractivity (Wildman–Crippen MR) is 95.8 cm³/mol. The molecule has 6 heteroatoms. The average molecular weight is 354 g/mol. The largest absolute Gasteiger partial charge is 0.369 e. The molecule has 5 nitrogen and oxygen atoms in total. The monoisotopic (exact) mass is 354 g/mol. The van der Waals surface area contributed by atoms with Gasteiger partial charge in [0.2, 0.25) is 0 Å². The van der Waals surface area contributed by atoms with E-state index >= 15 is 0 Å². The lowest BCUT2D eigenvalue weighted by atomic mass is 10.1. The SMILES string of the molecule is CCOP(=O)(OCC)C(=C=C(C)C)c1ccccc1C(OC)OC. The second-order valence-corrected chi connectivity index (χ2v) is 7.16. The van der Waals surface area contributed by atoms with Crippen LogP contribution in [0.5, 0.6) is 0 Å². The van der Waals surface area contributed by atoms with Crippen LogP contribution >= 0.6 is 7.60 Å². The fourth-order valence-corrected chi connectivity index (χ4v) is 4.17. The number of ether oxygens (including phenoxy) is 2. The molecule has 0 aliphatic heterocycles. The lowest BCUT2D eigenvalue weighted by molar-refractivity contribution is -0.106. The number of benzene rings is 1. The number of allylic oxidation sites excluding steroid dienone is 1. The molecule has 0 bridgehead atoms. The Hall–Kier alpha value is -1.19. The van der Waals surface area contributed by atoms with Crippen LogP contribution in [0, 0.1) is 0 Å². The molecule has 0 N–H and O–H groups in total. The van der Waals surface area contributed by atoms with Crippen molar-refractivity contribution < 1.29 is 23.1 Å². The molecule has 1 aromatic carbocycles. The van der Waals surface area contributed by atoms with Crippen molar-refractivity contribution >= 4 is 12.9 Å². The van der Waals surface area contributed by atoms with Crippen LogP contribution < -0.4 is 0 Å². The molecule has 0 saturated heterocycles. The van der Waals surface area contributed by atoms with Crippen LogP contribution in [0.2, 0.25) is 0 Å². The molecule has 0 saturated carbocycles. The van der Waals surface area contributed by atoms with E-state index in [2.05, 4.69) is 5.73 Å². The second kappa shape index (κ2) is 9.95. The first-order valence-corrected chi connectivity index (χ1v) is 9.46. The first kappa shape index (κ1) is 20.9. The number of methoxy groups -OCH3 is 2. The minimum absolute atomic E-state index is 0.269. The van der Waals surface area contributed by atoms with E-state index in [-0.39, 0.29) is 13.2 Å². The van der Waals surface area contributed by atoms with Crippen molar-refractivity contribution in [2.75, 3.05) is 27.4 Å². The molecule has 134 valence electrons. The van der Waals surface area contributed by atoms with Crippen molar-refractivity contribution in [2.45, 2.75) is 34.0 Å². The van der Waals surface area contributed by atoms with Crippen molar-refractivity contribution in [3.8, 4) is 0 Å². The summed E-state index contributed by atoms with van der Waals surface area (Å²) in [6, 6.07) is 7.44.